The number of amides is 1. The smallest absolute Gasteiger partial charge is 0.337 e. The molecule has 2 rings (SSSR count). The number of hydrogen-bond acceptors (Lipinski definition) is 6. The maximum Gasteiger partial charge on any atom is 0.337 e. The number of nitrogens with one attached hydrogen (secondary N) is 1. The normalized spacial score (nSPS) is 10.1. The monoisotopic (exact) mass is 360 g/mol. The number of carbonyl (C=O) groups excluding carboxylic acids is 1. The molecule has 0 aliphatic rings. The number of rotatable bonds is 7. The SMILES string of the molecule is COc1cc(NC(=O)Cc2ccccc2[N+](=O)[O-])c(C(=O)O)cc1OC. The second kappa shape index (κ2) is 7.97. The minimum atomic E-state index is -1.27. The van der Waals surface area contributed by atoms with Gasteiger partial charge < -0.3 is 19.9 Å². The molecule has 0 fully saturated rings. The van der Waals surface area contributed by atoms with Gasteiger partial charge in [0.05, 0.1) is 36.8 Å². The molecule has 9 heteroatoms. The molecule has 0 radical (unpaired) electrons. The van der Waals surface area contributed by atoms with Crippen molar-refractivity contribution in [2.45, 2.75) is 6.42 Å². The molecule has 2 aromatic carbocycles. The van der Waals surface area contributed by atoms with E-state index in [1.807, 2.05) is 0 Å². The predicted octanol–water partition coefficient (Wildman–Crippen LogP) is 2.49. The van der Waals surface area contributed by atoms with E-state index >= 15 is 0 Å². The molecule has 0 saturated carbocycles. The minimum Gasteiger partial charge on any atom is -0.493 e. The molecule has 9 nitrogen and oxygen atoms in total. The fourth-order valence-corrected chi connectivity index (χ4v) is 2.37. The Morgan fingerprint density at radius 1 is 1.15 bits per heavy atom. The number of ether oxygens (including phenoxy) is 2. The van der Waals surface area contributed by atoms with Crippen LogP contribution in [-0.2, 0) is 11.2 Å². The van der Waals surface area contributed by atoms with E-state index in [0.717, 1.165) is 0 Å². The summed E-state index contributed by atoms with van der Waals surface area (Å²) in [4.78, 5) is 34.2. The number of hydrogen-bond donors (Lipinski definition) is 2. The third kappa shape index (κ3) is 4.07. The lowest BCUT2D eigenvalue weighted by molar-refractivity contribution is -0.385. The van der Waals surface area contributed by atoms with Crippen molar-refractivity contribution in [3.63, 3.8) is 0 Å². The number of carboxylic acid groups (broad SMARTS) is 1. The highest BCUT2D eigenvalue weighted by atomic mass is 16.6. The Hall–Kier alpha value is -3.62. The topological polar surface area (TPSA) is 128 Å². The van der Waals surface area contributed by atoms with Gasteiger partial charge in [0.15, 0.2) is 11.5 Å². The summed E-state index contributed by atoms with van der Waals surface area (Å²) in [5, 5.41) is 22.8. The number of carboxylic acids is 1. The molecule has 26 heavy (non-hydrogen) atoms. The molecule has 136 valence electrons. The van der Waals surface area contributed by atoms with Crippen LogP contribution in [0.4, 0.5) is 11.4 Å². The zero-order valence-corrected chi connectivity index (χ0v) is 14.0. The third-order valence-corrected chi connectivity index (χ3v) is 3.57. The Balaban J connectivity index is 2.31. The number of anilines is 1. The van der Waals surface area contributed by atoms with Crippen molar-refractivity contribution in [2.24, 2.45) is 0 Å². The Bertz CT molecular complexity index is 864. The van der Waals surface area contributed by atoms with Gasteiger partial charge >= 0.3 is 5.97 Å². The quantitative estimate of drug-likeness (QED) is 0.573. The van der Waals surface area contributed by atoms with Crippen molar-refractivity contribution in [1.82, 2.24) is 0 Å². The number of aromatic carboxylic acids is 1. The second-order valence-corrected chi connectivity index (χ2v) is 5.17. The second-order valence-electron chi connectivity index (χ2n) is 5.17. The van der Waals surface area contributed by atoms with Gasteiger partial charge in [-0.15, -0.1) is 0 Å². The molecule has 0 unspecified atom stereocenters. The zero-order valence-electron chi connectivity index (χ0n) is 14.0. The number of nitrogens with zero attached hydrogens (tertiary/aromatic N) is 1. The zero-order chi connectivity index (χ0) is 19.3. The number of carbonyl (C=O) groups is 2. The van der Waals surface area contributed by atoms with Gasteiger partial charge in [-0.3, -0.25) is 14.9 Å². The summed E-state index contributed by atoms with van der Waals surface area (Å²) in [6.45, 7) is 0. The molecule has 0 atom stereocenters. The average molecular weight is 360 g/mol. The number of benzene rings is 2. The average Bonchev–Trinajstić information content (AvgIpc) is 2.61. The Morgan fingerprint density at radius 2 is 1.77 bits per heavy atom. The maximum atomic E-state index is 12.3. The van der Waals surface area contributed by atoms with Crippen LogP contribution < -0.4 is 14.8 Å². The van der Waals surface area contributed by atoms with Gasteiger partial charge in [-0.05, 0) is 0 Å². The van der Waals surface area contributed by atoms with E-state index in [-0.39, 0.29) is 40.4 Å². The summed E-state index contributed by atoms with van der Waals surface area (Å²) in [6, 6.07) is 8.37. The Morgan fingerprint density at radius 3 is 2.35 bits per heavy atom. The van der Waals surface area contributed by atoms with Crippen molar-refractivity contribution in [3.8, 4) is 11.5 Å². The van der Waals surface area contributed by atoms with E-state index in [4.69, 9.17) is 9.47 Å². The van der Waals surface area contributed by atoms with Gasteiger partial charge in [-0.2, -0.15) is 0 Å². The molecule has 0 aromatic heterocycles. The van der Waals surface area contributed by atoms with Crippen LogP contribution in [0.5, 0.6) is 11.5 Å². The molecule has 0 saturated heterocycles. The molecule has 1 amide bonds. The lowest BCUT2D eigenvalue weighted by atomic mass is 10.1. The van der Waals surface area contributed by atoms with E-state index in [9.17, 15) is 24.8 Å². The molecule has 0 aliphatic carbocycles. The first-order valence-electron chi connectivity index (χ1n) is 7.38. The van der Waals surface area contributed by atoms with Gasteiger partial charge in [0, 0.05) is 23.8 Å². The summed E-state index contributed by atoms with van der Waals surface area (Å²) < 4.78 is 10.2. The highest BCUT2D eigenvalue weighted by Crippen LogP contribution is 2.33. The van der Waals surface area contributed by atoms with Crippen LogP contribution >= 0.6 is 0 Å². The van der Waals surface area contributed by atoms with Crippen LogP contribution in [0, 0.1) is 10.1 Å². The first-order chi connectivity index (χ1) is 12.4. The number of para-hydroxylation sites is 1. The number of methoxy groups -OCH3 is 2. The predicted molar refractivity (Wildman–Crippen MR) is 91.9 cm³/mol. The van der Waals surface area contributed by atoms with E-state index in [0.29, 0.717) is 0 Å². The minimum absolute atomic E-state index is 0.00117. The molecule has 2 N–H and O–H groups in total. The van der Waals surface area contributed by atoms with Gasteiger partial charge in [-0.1, -0.05) is 18.2 Å². The highest BCUT2D eigenvalue weighted by Gasteiger charge is 2.20. The van der Waals surface area contributed by atoms with Crippen LogP contribution in [0.25, 0.3) is 0 Å². The first-order valence-corrected chi connectivity index (χ1v) is 7.38. The standard InChI is InChI=1S/C17H16N2O7/c1-25-14-8-11(17(21)22)12(9-15(14)26-2)18-16(20)7-10-5-3-4-6-13(10)19(23)24/h3-6,8-9H,7H2,1-2H3,(H,18,20)(H,21,22). The molecule has 0 heterocycles. The van der Waals surface area contributed by atoms with Crippen LogP contribution in [0.2, 0.25) is 0 Å². The molecule has 0 bridgehead atoms. The summed E-state index contributed by atoms with van der Waals surface area (Å²) in [5.41, 5.74) is -0.168. The van der Waals surface area contributed by atoms with Crippen molar-refractivity contribution in [1.29, 1.82) is 0 Å². The molecule has 0 aliphatic heterocycles. The highest BCUT2D eigenvalue weighted by molar-refractivity contribution is 6.02. The molecular weight excluding hydrogens is 344 g/mol. The van der Waals surface area contributed by atoms with Gasteiger partial charge in [0.25, 0.3) is 5.69 Å². The lowest BCUT2D eigenvalue weighted by Gasteiger charge is -2.13. The maximum absolute atomic E-state index is 12.3. The van der Waals surface area contributed by atoms with Crippen molar-refractivity contribution in [2.75, 3.05) is 19.5 Å². The van der Waals surface area contributed by atoms with E-state index in [1.54, 1.807) is 6.07 Å². The molecule has 2 aromatic rings. The fraction of sp³-hybridized carbons (Fsp3) is 0.176. The first kappa shape index (κ1) is 18.7. The lowest BCUT2D eigenvalue weighted by Crippen LogP contribution is -2.17. The van der Waals surface area contributed by atoms with Gasteiger partial charge in [0.2, 0.25) is 5.91 Å². The van der Waals surface area contributed by atoms with Crippen LogP contribution in [-0.4, -0.2) is 36.1 Å². The fourth-order valence-electron chi connectivity index (χ4n) is 2.37. The largest absolute Gasteiger partial charge is 0.493 e. The van der Waals surface area contributed by atoms with Gasteiger partial charge in [-0.25, -0.2) is 4.79 Å². The van der Waals surface area contributed by atoms with Crippen LogP contribution in [0.3, 0.4) is 0 Å². The Labute approximate surface area is 148 Å². The van der Waals surface area contributed by atoms with Crippen molar-refractivity contribution < 1.29 is 29.1 Å². The summed E-state index contributed by atoms with van der Waals surface area (Å²) >= 11 is 0. The summed E-state index contributed by atoms with van der Waals surface area (Å²) in [6.07, 6.45) is -0.287. The number of nitro benzene ring substituents is 1. The molecule has 0 spiro atoms. The van der Waals surface area contributed by atoms with Crippen molar-refractivity contribution in [3.05, 3.63) is 57.6 Å². The van der Waals surface area contributed by atoms with Crippen LogP contribution in [0.1, 0.15) is 15.9 Å². The van der Waals surface area contributed by atoms with E-state index in [2.05, 4.69) is 5.32 Å². The van der Waals surface area contributed by atoms with Crippen molar-refractivity contribution >= 4 is 23.3 Å². The molecular formula is C17H16N2O7. The number of nitro groups is 1. The van der Waals surface area contributed by atoms with E-state index in [1.165, 1.54) is 44.6 Å². The van der Waals surface area contributed by atoms with Gasteiger partial charge in [0.1, 0.15) is 0 Å². The third-order valence-electron chi connectivity index (χ3n) is 3.57. The van der Waals surface area contributed by atoms with E-state index < -0.39 is 16.8 Å². The summed E-state index contributed by atoms with van der Waals surface area (Å²) in [5.74, 6) is -1.44. The van der Waals surface area contributed by atoms with Crippen LogP contribution in [0.15, 0.2) is 36.4 Å². The summed E-state index contributed by atoms with van der Waals surface area (Å²) in [7, 11) is 2.73. The Kier molecular flexibility index (Phi) is 5.74.